The quantitative estimate of drug-likeness (QED) is 0.445. The molecule has 0 N–H and O–H groups in total. The average Bonchev–Trinajstić information content (AvgIpc) is 2.58. The molecule has 0 aliphatic rings. The monoisotopic (exact) mass is 379 g/mol. The van der Waals surface area contributed by atoms with Crippen molar-refractivity contribution >= 4 is 37.8 Å². The first-order valence-electron chi connectivity index (χ1n) is 7.64. The van der Waals surface area contributed by atoms with Gasteiger partial charge in [-0.3, -0.25) is 9.78 Å². The summed E-state index contributed by atoms with van der Waals surface area (Å²) in [5.74, 6) is 0.608. The molecule has 4 aromatic rings. The molecule has 2 aromatic carbocycles. The SMILES string of the molecule is Cc1cc(-c2oc3ccc(Br)cc3c(=O)c2C)c2ccccc2n1. The Morgan fingerprint density at radius 1 is 1.00 bits per heavy atom. The van der Waals surface area contributed by atoms with Crippen molar-refractivity contribution in [3.63, 3.8) is 0 Å². The molecule has 0 amide bonds. The lowest BCUT2D eigenvalue weighted by Crippen LogP contribution is -2.07. The predicted octanol–water partition coefficient (Wildman–Crippen LogP) is 5.39. The highest BCUT2D eigenvalue weighted by Gasteiger charge is 2.16. The summed E-state index contributed by atoms with van der Waals surface area (Å²) in [5.41, 5.74) is 3.87. The number of rotatable bonds is 1. The van der Waals surface area contributed by atoms with Crippen molar-refractivity contribution < 1.29 is 4.42 Å². The van der Waals surface area contributed by atoms with Crippen LogP contribution in [-0.2, 0) is 0 Å². The summed E-state index contributed by atoms with van der Waals surface area (Å²) in [5, 5.41) is 1.56. The van der Waals surface area contributed by atoms with Gasteiger partial charge in [0, 0.05) is 26.7 Å². The number of aryl methyl sites for hydroxylation is 1. The number of hydrogen-bond donors (Lipinski definition) is 0. The number of halogens is 1. The Bertz CT molecular complexity index is 1160. The fourth-order valence-corrected chi connectivity index (χ4v) is 3.37. The molecule has 0 aliphatic heterocycles. The van der Waals surface area contributed by atoms with Crippen molar-refractivity contribution in [3.05, 3.63) is 74.5 Å². The molecule has 0 atom stereocenters. The minimum absolute atomic E-state index is 0.00824. The fraction of sp³-hybridized carbons (Fsp3) is 0.100. The summed E-state index contributed by atoms with van der Waals surface area (Å²) in [6, 6.07) is 15.4. The van der Waals surface area contributed by atoms with Gasteiger partial charge in [0.25, 0.3) is 0 Å². The number of fused-ring (bicyclic) bond motifs is 2. The Labute approximate surface area is 147 Å². The standard InChI is InChI=1S/C20H14BrNO2/c1-11-9-15(14-5-3-4-6-17(14)22-11)20-12(2)19(23)16-10-13(21)7-8-18(16)24-20/h3-10H,1-2H3. The van der Waals surface area contributed by atoms with Crippen molar-refractivity contribution in [2.24, 2.45) is 0 Å². The second-order valence-electron chi connectivity index (χ2n) is 5.85. The number of para-hydroxylation sites is 1. The molecule has 0 radical (unpaired) electrons. The third-order valence-electron chi connectivity index (χ3n) is 4.17. The Kier molecular flexibility index (Phi) is 3.50. The van der Waals surface area contributed by atoms with Crippen LogP contribution in [0.25, 0.3) is 33.2 Å². The number of nitrogens with zero attached hydrogens (tertiary/aromatic N) is 1. The Balaban J connectivity index is 2.13. The highest BCUT2D eigenvalue weighted by Crippen LogP contribution is 2.32. The van der Waals surface area contributed by atoms with Gasteiger partial charge in [0.1, 0.15) is 11.3 Å². The number of benzene rings is 2. The molecule has 2 heterocycles. The van der Waals surface area contributed by atoms with Gasteiger partial charge in [-0.05, 0) is 44.2 Å². The highest BCUT2D eigenvalue weighted by molar-refractivity contribution is 9.10. The zero-order valence-electron chi connectivity index (χ0n) is 13.3. The molecule has 0 aliphatic carbocycles. The van der Waals surface area contributed by atoms with E-state index in [4.69, 9.17) is 4.42 Å². The zero-order chi connectivity index (χ0) is 16.8. The van der Waals surface area contributed by atoms with Crippen LogP contribution in [0.2, 0.25) is 0 Å². The number of pyridine rings is 1. The van der Waals surface area contributed by atoms with Crippen LogP contribution in [0.5, 0.6) is 0 Å². The van der Waals surface area contributed by atoms with Crippen molar-refractivity contribution in [2.45, 2.75) is 13.8 Å². The first-order chi connectivity index (χ1) is 11.5. The highest BCUT2D eigenvalue weighted by atomic mass is 79.9. The summed E-state index contributed by atoms with van der Waals surface area (Å²) >= 11 is 3.41. The lowest BCUT2D eigenvalue weighted by molar-refractivity contribution is 0.614. The van der Waals surface area contributed by atoms with Crippen LogP contribution in [0, 0.1) is 13.8 Å². The van der Waals surface area contributed by atoms with E-state index in [9.17, 15) is 4.79 Å². The third-order valence-corrected chi connectivity index (χ3v) is 4.66. The summed E-state index contributed by atoms with van der Waals surface area (Å²) in [4.78, 5) is 17.4. The van der Waals surface area contributed by atoms with Crippen molar-refractivity contribution in [1.82, 2.24) is 4.98 Å². The van der Waals surface area contributed by atoms with E-state index < -0.39 is 0 Å². The Hall–Kier alpha value is -2.46. The topological polar surface area (TPSA) is 43.1 Å². The first-order valence-corrected chi connectivity index (χ1v) is 8.43. The van der Waals surface area contributed by atoms with Crippen molar-refractivity contribution in [3.8, 4) is 11.3 Å². The lowest BCUT2D eigenvalue weighted by atomic mass is 10.0. The van der Waals surface area contributed by atoms with E-state index in [0.717, 1.165) is 26.6 Å². The molecule has 0 saturated carbocycles. The molecule has 24 heavy (non-hydrogen) atoms. The van der Waals surface area contributed by atoms with E-state index in [1.807, 2.05) is 56.3 Å². The van der Waals surface area contributed by atoms with E-state index in [1.54, 1.807) is 6.07 Å². The summed E-state index contributed by atoms with van der Waals surface area (Å²) in [7, 11) is 0. The smallest absolute Gasteiger partial charge is 0.196 e. The maximum atomic E-state index is 12.8. The van der Waals surface area contributed by atoms with Gasteiger partial charge in [-0.1, -0.05) is 34.1 Å². The maximum Gasteiger partial charge on any atom is 0.196 e. The average molecular weight is 380 g/mol. The molecule has 0 bridgehead atoms. The molecular weight excluding hydrogens is 366 g/mol. The van der Waals surface area contributed by atoms with Crippen molar-refractivity contribution in [1.29, 1.82) is 0 Å². The largest absolute Gasteiger partial charge is 0.456 e. The van der Waals surface area contributed by atoms with Gasteiger partial charge in [-0.15, -0.1) is 0 Å². The number of aromatic nitrogens is 1. The molecule has 0 unspecified atom stereocenters. The van der Waals surface area contributed by atoms with Crippen LogP contribution >= 0.6 is 15.9 Å². The van der Waals surface area contributed by atoms with Crippen molar-refractivity contribution in [2.75, 3.05) is 0 Å². The molecular formula is C20H14BrNO2. The molecule has 118 valence electrons. The second kappa shape index (κ2) is 5.56. The molecule has 0 saturated heterocycles. The van der Waals surface area contributed by atoms with Gasteiger partial charge >= 0.3 is 0 Å². The zero-order valence-corrected chi connectivity index (χ0v) is 14.8. The summed E-state index contributed by atoms with van der Waals surface area (Å²) < 4.78 is 6.99. The summed E-state index contributed by atoms with van der Waals surface area (Å²) in [6.07, 6.45) is 0. The normalized spacial score (nSPS) is 11.3. The molecule has 0 spiro atoms. The molecule has 2 aromatic heterocycles. The van der Waals surface area contributed by atoms with Gasteiger partial charge in [0.05, 0.1) is 10.9 Å². The molecule has 4 rings (SSSR count). The third kappa shape index (κ3) is 2.34. The van der Waals surface area contributed by atoms with E-state index in [-0.39, 0.29) is 5.43 Å². The fourth-order valence-electron chi connectivity index (χ4n) is 3.01. The molecule has 4 heteroatoms. The van der Waals surface area contributed by atoms with E-state index in [1.165, 1.54) is 0 Å². The van der Waals surface area contributed by atoms with Crippen LogP contribution in [0.4, 0.5) is 0 Å². The Morgan fingerprint density at radius 3 is 2.62 bits per heavy atom. The van der Waals surface area contributed by atoms with Crippen LogP contribution in [0.1, 0.15) is 11.3 Å². The first kappa shape index (κ1) is 15.1. The number of hydrogen-bond acceptors (Lipinski definition) is 3. The van der Waals surface area contributed by atoms with Crippen LogP contribution in [-0.4, -0.2) is 4.98 Å². The van der Waals surface area contributed by atoms with Gasteiger partial charge in [-0.2, -0.15) is 0 Å². The van der Waals surface area contributed by atoms with Gasteiger partial charge in [0.15, 0.2) is 5.43 Å². The van der Waals surface area contributed by atoms with E-state index in [0.29, 0.717) is 22.3 Å². The molecule has 0 fully saturated rings. The summed E-state index contributed by atoms with van der Waals surface area (Å²) in [6.45, 7) is 3.76. The van der Waals surface area contributed by atoms with Crippen LogP contribution in [0.3, 0.4) is 0 Å². The van der Waals surface area contributed by atoms with E-state index >= 15 is 0 Å². The van der Waals surface area contributed by atoms with E-state index in [2.05, 4.69) is 20.9 Å². The van der Waals surface area contributed by atoms with Gasteiger partial charge in [0.2, 0.25) is 0 Å². The maximum absolute atomic E-state index is 12.8. The molecule has 3 nitrogen and oxygen atoms in total. The minimum atomic E-state index is -0.00824. The second-order valence-corrected chi connectivity index (χ2v) is 6.77. The Morgan fingerprint density at radius 2 is 1.79 bits per heavy atom. The van der Waals surface area contributed by atoms with Gasteiger partial charge in [-0.25, -0.2) is 0 Å². The minimum Gasteiger partial charge on any atom is -0.456 e. The van der Waals surface area contributed by atoms with Crippen LogP contribution in [0.15, 0.2) is 62.2 Å². The van der Waals surface area contributed by atoms with Crippen LogP contribution < -0.4 is 5.43 Å². The van der Waals surface area contributed by atoms with Gasteiger partial charge < -0.3 is 4.42 Å². The predicted molar refractivity (Wildman–Crippen MR) is 100 cm³/mol. The lowest BCUT2D eigenvalue weighted by Gasteiger charge is -2.11.